The molecule has 19 heavy (non-hydrogen) atoms. The van der Waals surface area contributed by atoms with Crippen LogP contribution in [0.4, 0.5) is 4.39 Å². The Kier molecular flexibility index (Phi) is 4.12. The van der Waals surface area contributed by atoms with Crippen molar-refractivity contribution < 1.29 is 14.3 Å². The fourth-order valence-corrected chi connectivity index (χ4v) is 1.71. The summed E-state index contributed by atoms with van der Waals surface area (Å²) in [6.45, 7) is 1.11. The molecule has 1 heterocycles. The van der Waals surface area contributed by atoms with Crippen LogP contribution >= 0.6 is 0 Å². The maximum Gasteiger partial charge on any atom is 0.258 e. The van der Waals surface area contributed by atoms with Crippen LogP contribution in [0.5, 0.6) is 5.75 Å². The highest BCUT2D eigenvalue weighted by atomic mass is 19.1. The number of aromatic nitrogens is 2. The number of phenols is 1. The van der Waals surface area contributed by atoms with E-state index >= 15 is 0 Å². The standard InChI is InChI=1S/C13H14FN3O2/c14-10-3-1-4-11(18)12(10)13(19)16-5-2-7-17-8-6-15-9-17/h1,3-4,6,8-9,18H,2,5,7H2,(H,16,19). The van der Waals surface area contributed by atoms with Gasteiger partial charge >= 0.3 is 0 Å². The van der Waals surface area contributed by atoms with Gasteiger partial charge in [-0.2, -0.15) is 0 Å². The molecule has 0 aliphatic carbocycles. The molecular formula is C13H14FN3O2. The second-order valence-corrected chi connectivity index (χ2v) is 4.04. The lowest BCUT2D eigenvalue weighted by molar-refractivity contribution is 0.0946. The Morgan fingerprint density at radius 3 is 3.00 bits per heavy atom. The number of nitrogens with zero attached hydrogens (tertiary/aromatic N) is 2. The van der Waals surface area contributed by atoms with Gasteiger partial charge in [0.15, 0.2) is 0 Å². The summed E-state index contributed by atoms with van der Waals surface area (Å²) in [6.07, 6.45) is 5.88. The van der Waals surface area contributed by atoms with Crippen LogP contribution in [-0.2, 0) is 6.54 Å². The second kappa shape index (κ2) is 5.99. The van der Waals surface area contributed by atoms with Crippen LogP contribution in [0.15, 0.2) is 36.9 Å². The van der Waals surface area contributed by atoms with Crippen molar-refractivity contribution in [3.05, 3.63) is 48.3 Å². The van der Waals surface area contributed by atoms with Crippen LogP contribution in [0.3, 0.4) is 0 Å². The van der Waals surface area contributed by atoms with Gasteiger partial charge < -0.3 is 15.0 Å². The monoisotopic (exact) mass is 263 g/mol. The van der Waals surface area contributed by atoms with E-state index in [-0.39, 0.29) is 11.3 Å². The molecule has 0 unspecified atom stereocenters. The Morgan fingerprint density at radius 2 is 2.32 bits per heavy atom. The van der Waals surface area contributed by atoms with E-state index in [4.69, 9.17) is 0 Å². The van der Waals surface area contributed by atoms with Crippen molar-refractivity contribution in [2.75, 3.05) is 6.54 Å². The summed E-state index contributed by atoms with van der Waals surface area (Å²) in [5.74, 6) is -1.69. The van der Waals surface area contributed by atoms with Crippen molar-refractivity contribution in [1.29, 1.82) is 0 Å². The summed E-state index contributed by atoms with van der Waals surface area (Å²) in [5, 5.41) is 12.0. The van der Waals surface area contributed by atoms with Gasteiger partial charge in [-0.3, -0.25) is 4.79 Å². The first-order chi connectivity index (χ1) is 9.18. The van der Waals surface area contributed by atoms with Gasteiger partial charge in [-0.05, 0) is 18.6 Å². The molecule has 100 valence electrons. The minimum Gasteiger partial charge on any atom is -0.507 e. The number of carbonyl (C=O) groups excluding carboxylic acids is 1. The minimum absolute atomic E-state index is 0.315. The van der Waals surface area contributed by atoms with Crippen molar-refractivity contribution in [3.63, 3.8) is 0 Å². The Bertz CT molecular complexity index is 535. The van der Waals surface area contributed by atoms with Gasteiger partial charge in [-0.15, -0.1) is 0 Å². The van der Waals surface area contributed by atoms with Crippen molar-refractivity contribution in [1.82, 2.24) is 14.9 Å². The molecule has 0 spiro atoms. The number of aryl methyl sites for hydroxylation is 1. The molecule has 2 N–H and O–H groups in total. The van der Waals surface area contributed by atoms with E-state index in [1.165, 1.54) is 12.1 Å². The minimum atomic E-state index is -0.730. The number of aromatic hydroxyl groups is 1. The predicted octanol–water partition coefficient (Wildman–Crippen LogP) is 1.55. The van der Waals surface area contributed by atoms with E-state index in [9.17, 15) is 14.3 Å². The van der Waals surface area contributed by atoms with E-state index in [1.54, 1.807) is 12.5 Å². The Hall–Kier alpha value is -2.37. The highest BCUT2D eigenvalue weighted by Gasteiger charge is 2.15. The third-order valence-corrected chi connectivity index (χ3v) is 2.66. The van der Waals surface area contributed by atoms with Gasteiger partial charge in [-0.25, -0.2) is 9.37 Å². The molecule has 5 nitrogen and oxygen atoms in total. The van der Waals surface area contributed by atoms with Crippen LogP contribution in [0.25, 0.3) is 0 Å². The number of carbonyl (C=O) groups is 1. The summed E-state index contributed by atoms with van der Waals surface area (Å²) >= 11 is 0. The van der Waals surface area contributed by atoms with Crippen molar-refractivity contribution in [3.8, 4) is 5.75 Å². The molecule has 2 rings (SSSR count). The Labute approximate surface area is 109 Å². The summed E-state index contributed by atoms with van der Waals surface area (Å²) < 4.78 is 15.3. The van der Waals surface area contributed by atoms with E-state index in [1.807, 2.05) is 10.8 Å². The molecule has 0 fully saturated rings. The maximum atomic E-state index is 13.4. The molecule has 0 radical (unpaired) electrons. The molecule has 0 aliphatic heterocycles. The topological polar surface area (TPSA) is 67.2 Å². The van der Waals surface area contributed by atoms with Gasteiger partial charge in [-0.1, -0.05) is 6.07 Å². The average Bonchev–Trinajstić information content (AvgIpc) is 2.87. The number of halogens is 1. The first-order valence-electron chi connectivity index (χ1n) is 5.90. The fraction of sp³-hybridized carbons (Fsp3) is 0.231. The Balaban J connectivity index is 1.84. The third-order valence-electron chi connectivity index (χ3n) is 2.66. The molecule has 0 saturated heterocycles. The summed E-state index contributed by atoms with van der Waals surface area (Å²) in [4.78, 5) is 15.6. The first-order valence-corrected chi connectivity index (χ1v) is 5.90. The number of benzene rings is 1. The molecule has 1 amide bonds. The quantitative estimate of drug-likeness (QED) is 0.804. The number of phenolic OH excluding ortho intramolecular Hbond substituents is 1. The van der Waals surface area contributed by atoms with Crippen LogP contribution in [0, 0.1) is 5.82 Å². The molecule has 6 heteroatoms. The molecule has 0 atom stereocenters. The highest BCUT2D eigenvalue weighted by Crippen LogP contribution is 2.19. The first kappa shape index (κ1) is 13.1. The second-order valence-electron chi connectivity index (χ2n) is 4.04. The molecule has 0 saturated carbocycles. The summed E-state index contributed by atoms with van der Waals surface area (Å²) in [5.41, 5.74) is -0.315. The number of hydrogen-bond donors (Lipinski definition) is 2. The number of hydrogen-bond acceptors (Lipinski definition) is 3. The lowest BCUT2D eigenvalue weighted by atomic mass is 10.1. The number of imidazole rings is 1. The van der Waals surface area contributed by atoms with Crippen LogP contribution < -0.4 is 5.32 Å². The van der Waals surface area contributed by atoms with Crippen molar-refractivity contribution in [2.45, 2.75) is 13.0 Å². The van der Waals surface area contributed by atoms with Gasteiger partial charge in [0.1, 0.15) is 17.1 Å². The zero-order valence-corrected chi connectivity index (χ0v) is 10.2. The average molecular weight is 263 g/mol. The Morgan fingerprint density at radius 1 is 1.47 bits per heavy atom. The van der Waals surface area contributed by atoms with Crippen LogP contribution in [0.2, 0.25) is 0 Å². The van der Waals surface area contributed by atoms with Gasteiger partial charge in [0.2, 0.25) is 0 Å². The van der Waals surface area contributed by atoms with Crippen molar-refractivity contribution in [2.24, 2.45) is 0 Å². The molecule has 0 aliphatic rings. The normalized spacial score (nSPS) is 10.4. The zero-order chi connectivity index (χ0) is 13.7. The van der Waals surface area contributed by atoms with Gasteiger partial charge in [0, 0.05) is 25.5 Å². The van der Waals surface area contributed by atoms with Crippen LogP contribution in [-0.4, -0.2) is 27.1 Å². The van der Waals surface area contributed by atoms with E-state index in [0.717, 1.165) is 6.07 Å². The summed E-state index contributed by atoms with van der Waals surface area (Å²) in [6, 6.07) is 3.77. The van der Waals surface area contributed by atoms with E-state index in [2.05, 4.69) is 10.3 Å². The molecule has 2 aromatic rings. The fourth-order valence-electron chi connectivity index (χ4n) is 1.71. The van der Waals surface area contributed by atoms with Crippen LogP contribution in [0.1, 0.15) is 16.8 Å². The number of rotatable bonds is 5. The lowest BCUT2D eigenvalue weighted by Crippen LogP contribution is -2.26. The lowest BCUT2D eigenvalue weighted by Gasteiger charge is -2.07. The van der Waals surface area contributed by atoms with Gasteiger partial charge in [0.25, 0.3) is 5.91 Å². The molecule has 1 aromatic heterocycles. The third kappa shape index (κ3) is 3.31. The predicted molar refractivity (Wildman–Crippen MR) is 67.2 cm³/mol. The summed E-state index contributed by atoms with van der Waals surface area (Å²) in [7, 11) is 0. The zero-order valence-electron chi connectivity index (χ0n) is 10.2. The SMILES string of the molecule is O=C(NCCCn1ccnc1)c1c(O)cccc1F. The van der Waals surface area contributed by atoms with E-state index in [0.29, 0.717) is 19.5 Å². The highest BCUT2D eigenvalue weighted by molar-refractivity contribution is 5.97. The van der Waals surface area contributed by atoms with Crippen molar-refractivity contribution >= 4 is 5.91 Å². The molecular weight excluding hydrogens is 249 g/mol. The molecule has 1 aromatic carbocycles. The smallest absolute Gasteiger partial charge is 0.258 e. The molecule has 0 bridgehead atoms. The largest absolute Gasteiger partial charge is 0.507 e. The number of amides is 1. The van der Waals surface area contributed by atoms with E-state index < -0.39 is 11.7 Å². The maximum absolute atomic E-state index is 13.4. The van der Waals surface area contributed by atoms with Gasteiger partial charge in [0.05, 0.1) is 6.33 Å². The number of nitrogens with one attached hydrogen (secondary N) is 1.